The number of carbonyl (C=O) groups is 1. The van der Waals surface area contributed by atoms with E-state index in [0.29, 0.717) is 11.5 Å². The van der Waals surface area contributed by atoms with Crippen LogP contribution < -0.4 is 10.6 Å². The van der Waals surface area contributed by atoms with Crippen LogP contribution in [0.1, 0.15) is 5.69 Å². The van der Waals surface area contributed by atoms with E-state index < -0.39 is 0 Å². The standard InChI is InChI=1S/C12H12N4O/c1-9-5-6-10(8-14-9)15-12(17)16-11-4-2-3-7-13-11/h2-8H,1H3,(H2,13,15,16,17). The molecule has 0 unspecified atom stereocenters. The highest BCUT2D eigenvalue weighted by molar-refractivity contribution is 5.98. The van der Waals surface area contributed by atoms with Gasteiger partial charge in [0.05, 0.1) is 11.9 Å². The molecule has 2 N–H and O–H groups in total. The zero-order chi connectivity index (χ0) is 12.1. The lowest BCUT2D eigenvalue weighted by atomic mass is 10.3. The summed E-state index contributed by atoms with van der Waals surface area (Å²) >= 11 is 0. The Morgan fingerprint density at radius 1 is 1.12 bits per heavy atom. The van der Waals surface area contributed by atoms with Gasteiger partial charge in [-0.25, -0.2) is 9.78 Å². The SMILES string of the molecule is Cc1ccc(NC(=O)Nc2ccccn2)cn1. The third kappa shape index (κ3) is 3.27. The number of carbonyl (C=O) groups excluding carboxylic acids is 1. The Labute approximate surface area is 98.9 Å². The first-order valence-corrected chi connectivity index (χ1v) is 5.16. The Balaban J connectivity index is 1.96. The van der Waals surface area contributed by atoms with Gasteiger partial charge in [0.2, 0.25) is 0 Å². The van der Waals surface area contributed by atoms with Crippen LogP contribution >= 0.6 is 0 Å². The van der Waals surface area contributed by atoms with Gasteiger partial charge < -0.3 is 5.32 Å². The molecule has 86 valence electrons. The summed E-state index contributed by atoms with van der Waals surface area (Å²) in [5, 5.41) is 5.28. The topological polar surface area (TPSA) is 66.9 Å². The predicted molar refractivity (Wildman–Crippen MR) is 65.9 cm³/mol. The van der Waals surface area contributed by atoms with Gasteiger partial charge in [0.1, 0.15) is 5.82 Å². The number of nitrogens with one attached hydrogen (secondary N) is 2. The molecule has 0 saturated heterocycles. The summed E-state index contributed by atoms with van der Waals surface area (Å²) in [5.74, 6) is 0.505. The van der Waals surface area contributed by atoms with Gasteiger partial charge in [0.15, 0.2) is 0 Å². The van der Waals surface area contributed by atoms with Crippen LogP contribution in [0.5, 0.6) is 0 Å². The quantitative estimate of drug-likeness (QED) is 0.829. The molecule has 2 aromatic heterocycles. The Bertz CT molecular complexity index is 496. The molecular weight excluding hydrogens is 216 g/mol. The highest BCUT2D eigenvalue weighted by Gasteiger charge is 2.02. The van der Waals surface area contributed by atoms with Crippen molar-refractivity contribution in [1.29, 1.82) is 0 Å². The van der Waals surface area contributed by atoms with E-state index in [-0.39, 0.29) is 6.03 Å². The van der Waals surface area contributed by atoms with Gasteiger partial charge in [-0.2, -0.15) is 0 Å². The number of hydrogen-bond donors (Lipinski definition) is 2. The molecule has 0 aromatic carbocycles. The summed E-state index contributed by atoms with van der Waals surface area (Å²) in [7, 11) is 0. The lowest BCUT2D eigenvalue weighted by molar-refractivity contribution is 0.262. The summed E-state index contributed by atoms with van der Waals surface area (Å²) in [6.07, 6.45) is 3.22. The molecule has 0 aliphatic carbocycles. The Kier molecular flexibility index (Phi) is 3.30. The van der Waals surface area contributed by atoms with Crippen molar-refractivity contribution in [1.82, 2.24) is 9.97 Å². The molecule has 0 bridgehead atoms. The largest absolute Gasteiger partial charge is 0.324 e. The lowest BCUT2D eigenvalue weighted by Crippen LogP contribution is -2.20. The van der Waals surface area contributed by atoms with Gasteiger partial charge in [-0.05, 0) is 31.2 Å². The van der Waals surface area contributed by atoms with Gasteiger partial charge in [-0.1, -0.05) is 6.07 Å². The van der Waals surface area contributed by atoms with Crippen molar-refractivity contribution >= 4 is 17.5 Å². The number of nitrogens with zero attached hydrogens (tertiary/aromatic N) is 2. The zero-order valence-electron chi connectivity index (χ0n) is 9.34. The van der Waals surface area contributed by atoms with Gasteiger partial charge in [-0.15, -0.1) is 0 Å². The Hall–Kier alpha value is -2.43. The van der Waals surface area contributed by atoms with E-state index in [9.17, 15) is 4.79 Å². The number of pyridine rings is 2. The molecule has 2 aromatic rings. The molecule has 2 rings (SSSR count). The minimum Gasteiger partial charge on any atom is -0.306 e. The molecule has 0 saturated carbocycles. The number of hydrogen-bond acceptors (Lipinski definition) is 3. The van der Waals surface area contributed by atoms with Gasteiger partial charge in [0.25, 0.3) is 0 Å². The molecule has 0 aliphatic heterocycles. The smallest absolute Gasteiger partial charge is 0.306 e. The van der Waals surface area contributed by atoms with Crippen molar-refractivity contribution in [3.63, 3.8) is 0 Å². The summed E-state index contributed by atoms with van der Waals surface area (Å²) < 4.78 is 0. The minimum atomic E-state index is -0.339. The third-order valence-electron chi connectivity index (χ3n) is 2.08. The number of aromatic nitrogens is 2. The molecule has 0 spiro atoms. The molecule has 2 amide bonds. The van der Waals surface area contributed by atoms with Crippen molar-refractivity contribution in [2.24, 2.45) is 0 Å². The summed E-state index contributed by atoms with van der Waals surface area (Å²) in [4.78, 5) is 19.6. The van der Waals surface area contributed by atoms with Gasteiger partial charge in [0, 0.05) is 11.9 Å². The average Bonchev–Trinajstić information content (AvgIpc) is 2.33. The number of amides is 2. The Morgan fingerprint density at radius 2 is 2.00 bits per heavy atom. The maximum absolute atomic E-state index is 11.6. The fourth-order valence-corrected chi connectivity index (χ4v) is 1.26. The summed E-state index contributed by atoms with van der Waals surface area (Å²) in [6.45, 7) is 1.89. The Morgan fingerprint density at radius 3 is 2.65 bits per heavy atom. The molecule has 17 heavy (non-hydrogen) atoms. The van der Waals surface area contributed by atoms with Gasteiger partial charge >= 0.3 is 6.03 Å². The number of urea groups is 1. The zero-order valence-corrected chi connectivity index (χ0v) is 9.34. The molecule has 0 atom stereocenters. The van der Waals surface area contributed by atoms with E-state index in [1.54, 1.807) is 36.7 Å². The van der Waals surface area contributed by atoms with Crippen molar-refractivity contribution in [2.45, 2.75) is 6.92 Å². The fraction of sp³-hybridized carbons (Fsp3) is 0.0833. The van der Waals surface area contributed by atoms with Crippen LogP contribution in [0.4, 0.5) is 16.3 Å². The lowest BCUT2D eigenvalue weighted by Gasteiger charge is -2.06. The second kappa shape index (κ2) is 5.07. The van der Waals surface area contributed by atoms with Crippen molar-refractivity contribution in [3.05, 3.63) is 48.4 Å². The second-order valence-electron chi connectivity index (χ2n) is 3.48. The normalized spacial score (nSPS) is 9.71. The van der Waals surface area contributed by atoms with Crippen LogP contribution in [-0.4, -0.2) is 16.0 Å². The first-order valence-electron chi connectivity index (χ1n) is 5.16. The molecule has 0 radical (unpaired) electrons. The van der Waals surface area contributed by atoms with Crippen molar-refractivity contribution in [2.75, 3.05) is 10.6 Å². The van der Waals surface area contributed by atoms with E-state index in [1.165, 1.54) is 0 Å². The molecule has 2 heterocycles. The number of aryl methyl sites for hydroxylation is 1. The molecule has 0 aliphatic rings. The third-order valence-corrected chi connectivity index (χ3v) is 2.08. The van der Waals surface area contributed by atoms with Crippen LogP contribution in [0.25, 0.3) is 0 Å². The summed E-state index contributed by atoms with van der Waals surface area (Å²) in [5.41, 5.74) is 1.55. The molecular formula is C12H12N4O. The first-order chi connectivity index (χ1) is 8.24. The predicted octanol–water partition coefficient (Wildman–Crippen LogP) is 2.43. The maximum atomic E-state index is 11.6. The van der Waals surface area contributed by atoms with Gasteiger partial charge in [-0.3, -0.25) is 10.3 Å². The molecule has 0 fully saturated rings. The van der Waals surface area contributed by atoms with E-state index in [4.69, 9.17) is 0 Å². The monoisotopic (exact) mass is 228 g/mol. The first kappa shape index (κ1) is 11.1. The molecule has 5 nitrogen and oxygen atoms in total. The van der Waals surface area contributed by atoms with Crippen LogP contribution in [0, 0.1) is 6.92 Å². The number of rotatable bonds is 2. The second-order valence-corrected chi connectivity index (χ2v) is 3.48. The maximum Gasteiger partial charge on any atom is 0.324 e. The van der Waals surface area contributed by atoms with Crippen molar-refractivity contribution in [3.8, 4) is 0 Å². The van der Waals surface area contributed by atoms with E-state index in [1.807, 2.05) is 13.0 Å². The van der Waals surface area contributed by atoms with Crippen LogP contribution in [0.15, 0.2) is 42.7 Å². The number of anilines is 2. The average molecular weight is 228 g/mol. The minimum absolute atomic E-state index is 0.339. The van der Waals surface area contributed by atoms with E-state index >= 15 is 0 Å². The van der Waals surface area contributed by atoms with E-state index in [2.05, 4.69) is 20.6 Å². The fourth-order valence-electron chi connectivity index (χ4n) is 1.26. The van der Waals surface area contributed by atoms with Crippen molar-refractivity contribution < 1.29 is 4.79 Å². The highest BCUT2D eigenvalue weighted by atomic mass is 16.2. The summed E-state index contributed by atoms with van der Waals surface area (Å²) in [6, 6.07) is 8.58. The van der Waals surface area contributed by atoms with Crippen LogP contribution in [0.2, 0.25) is 0 Å². The van der Waals surface area contributed by atoms with E-state index in [0.717, 1.165) is 5.69 Å². The highest BCUT2D eigenvalue weighted by Crippen LogP contribution is 2.06. The van der Waals surface area contributed by atoms with Crippen LogP contribution in [0.3, 0.4) is 0 Å². The molecule has 5 heteroatoms. The van der Waals surface area contributed by atoms with Crippen LogP contribution in [-0.2, 0) is 0 Å².